The Hall–Kier alpha value is -3.65. The van der Waals surface area contributed by atoms with Crippen LogP contribution in [0.1, 0.15) is 42.1 Å². The fourth-order valence-electron chi connectivity index (χ4n) is 4.44. The second-order valence-electron chi connectivity index (χ2n) is 8.79. The molecule has 0 aromatic heterocycles. The smallest absolute Gasteiger partial charge is 0.275 e. The number of nitrogens with one attached hydrogen (secondary N) is 3. The Balaban J connectivity index is 1.61. The molecule has 1 saturated carbocycles. The fourth-order valence-corrected chi connectivity index (χ4v) is 4.44. The molecule has 5 N–H and O–H groups in total. The number of ketones is 1. The number of fused-ring (bicyclic) bond motifs is 1. The van der Waals surface area contributed by atoms with Crippen LogP contribution >= 0.6 is 0 Å². The third-order valence-electron chi connectivity index (χ3n) is 6.31. The number of carbonyl (C=O) groups excluding carboxylic acids is 2. The lowest BCUT2D eigenvalue weighted by molar-refractivity contribution is -0.129. The van der Waals surface area contributed by atoms with E-state index in [9.17, 15) is 9.59 Å². The van der Waals surface area contributed by atoms with Crippen LogP contribution in [0.15, 0.2) is 71.0 Å². The first-order valence-electron chi connectivity index (χ1n) is 11.7. The zero-order chi connectivity index (χ0) is 24.1. The van der Waals surface area contributed by atoms with Gasteiger partial charge in [-0.05, 0) is 50.3 Å². The SMILES string of the molecule is CC(=O)c1ccc(CCNC2=C(C(N)=Nc3ccccc3)C(=O)N(C)N[C@@H]3CCC[C@@H]3N2)cc1. The van der Waals surface area contributed by atoms with Gasteiger partial charge >= 0.3 is 0 Å². The van der Waals surface area contributed by atoms with E-state index in [4.69, 9.17) is 5.73 Å². The minimum absolute atomic E-state index is 0.0498. The Morgan fingerprint density at radius 1 is 1.12 bits per heavy atom. The molecule has 0 unspecified atom stereocenters. The maximum Gasteiger partial charge on any atom is 0.275 e. The lowest BCUT2D eigenvalue weighted by Crippen LogP contribution is -2.57. The minimum Gasteiger partial charge on any atom is -0.383 e. The standard InChI is InChI=1S/C26H32N6O2/c1-17(33)19-13-11-18(12-14-19)15-16-28-25-23(24(27)29-20-7-4-3-5-8-20)26(34)32(2)31-22-10-6-9-21(22)30-25/h3-5,7-8,11-14,21-22,28,30-31H,6,9-10,15-16H2,1-2H3,(H2,27,29)/t21-,22+/m0/s1. The quantitative estimate of drug-likeness (QED) is 0.287. The number of rotatable bonds is 7. The average Bonchev–Trinajstić information content (AvgIpc) is 3.25. The number of carbonyl (C=O) groups is 2. The van der Waals surface area contributed by atoms with Crippen molar-refractivity contribution in [1.29, 1.82) is 0 Å². The van der Waals surface area contributed by atoms with Gasteiger partial charge in [0.05, 0.1) is 5.69 Å². The molecule has 0 radical (unpaired) electrons. The van der Waals surface area contributed by atoms with Crippen molar-refractivity contribution in [2.45, 2.75) is 44.7 Å². The molecule has 2 atom stereocenters. The molecule has 1 aliphatic carbocycles. The van der Waals surface area contributed by atoms with Crippen LogP contribution in [0, 0.1) is 0 Å². The number of hydrogen-bond acceptors (Lipinski definition) is 6. The van der Waals surface area contributed by atoms with Gasteiger partial charge in [-0.25, -0.2) is 10.4 Å². The number of hydrogen-bond donors (Lipinski definition) is 4. The normalized spacial score (nSPS) is 20.9. The van der Waals surface area contributed by atoms with Crippen LogP contribution in [0.2, 0.25) is 0 Å². The van der Waals surface area contributed by atoms with E-state index in [1.165, 1.54) is 5.01 Å². The molecule has 8 nitrogen and oxygen atoms in total. The third kappa shape index (κ3) is 5.46. The summed E-state index contributed by atoms with van der Waals surface area (Å²) in [6.07, 6.45) is 3.80. The second-order valence-corrected chi connectivity index (χ2v) is 8.79. The van der Waals surface area contributed by atoms with Crippen molar-refractivity contribution in [3.8, 4) is 0 Å². The van der Waals surface area contributed by atoms with E-state index in [1.54, 1.807) is 14.0 Å². The molecule has 4 rings (SSSR count). The molecule has 0 saturated heterocycles. The summed E-state index contributed by atoms with van der Waals surface area (Å²) in [7, 11) is 1.73. The topological polar surface area (TPSA) is 112 Å². The van der Waals surface area contributed by atoms with Crippen LogP contribution in [0.5, 0.6) is 0 Å². The summed E-state index contributed by atoms with van der Waals surface area (Å²) < 4.78 is 0. The Labute approximate surface area is 200 Å². The monoisotopic (exact) mass is 460 g/mol. The molecule has 178 valence electrons. The van der Waals surface area contributed by atoms with Gasteiger partial charge in [-0.15, -0.1) is 0 Å². The first-order valence-corrected chi connectivity index (χ1v) is 11.7. The number of aliphatic imine (C=N–C) groups is 1. The van der Waals surface area contributed by atoms with Crippen LogP contribution in [0.3, 0.4) is 0 Å². The van der Waals surface area contributed by atoms with Crippen LogP contribution in [-0.2, 0) is 11.2 Å². The van der Waals surface area contributed by atoms with E-state index in [0.29, 0.717) is 29.2 Å². The van der Waals surface area contributed by atoms with Crippen molar-refractivity contribution >= 4 is 23.2 Å². The second kappa shape index (κ2) is 10.5. The van der Waals surface area contributed by atoms with Gasteiger partial charge in [0.25, 0.3) is 5.91 Å². The molecule has 2 aromatic rings. The van der Waals surface area contributed by atoms with Crippen LogP contribution in [0.4, 0.5) is 5.69 Å². The summed E-state index contributed by atoms with van der Waals surface area (Å²) >= 11 is 0. The molecule has 1 fully saturated rings. The first kappa shape index (κ1) is 23.5. The lowest BCUT2D eigenvalue weighted by atomic mass is 10.1. The summed E-state index contributed by atoms with van der Waals surface area (Å²) in [5, 5.41) is 8.49. The summed E-state index contributed by atoms with van der Waals surface area (Å²) in [6.45, 7) is 2.15. The number of nitrogens with two attached hydrogens (primary N) is 1. The fraction of sp³-hybridized carbons (Fsp3) is 0.346. The number of nitrogens with zero attached hydrogens (tertiary/aromatic N) is 2. The highest BCUT2D eigenvalue weighted by molar-refractivity contribution is 6.21. The molecule has 0 bridgehead atoms. The van der Waals surface area contributed by atoms with Gasteiger partial charge in [-0.3, -0.25) is 14.6 Å². The Morgan fingerprint density at radius 3 is 2.53 bits per heavy atom. The van der Waals surface area contributed by atoms with Crippen LogP contribution < -0.4 is 21.8 Å². The zero-order valence-electron chi connectivity index (χ0n) is 19.7. The zero-order valence-corrected chi connectivity index (χ0v) is 19.7. The Bertz CT molecular complexity index is 1090. The molecule has 1 aliphatic heterocycles. The van der Waals surface area contributed by atoms with Gasteiger partial charge in [0, 0.05) is 31.2 Å². The van der Waals surface area contributed by atoms with Gasteiger partial charge in [0.1, 0.15) is 17.2 Å². The maximum atomic E-state index is 13.4. The Morgan fingerprint density at radius 2 is 1.82 bits per heavy atom. The molecule has 1 amide bonds. The largest absolute Gasteiger partial charge is 0.383 e. The molecule has 2 aromatic carbocycles. The minimum atomic E-state index is -0.247. The number of Topliss-reactive ketones (excluding diaryl/α,β-unsaturated/α-hetero) is 1. The third-order valence-corrected chi connectivity index (χ3v) is 6.31. The lowest BCUT2D eigenvalue weighted by Gasteiger charge is -2.34. The van der Waals surface area contributed by atoms with Crippen molar-refractivity contribution in [2.24, 2.45) is 10.7 Å². The number of amidine groups is 1. The molecule has 0 spiro atoms. The van der Waals surface area contributed by atoms with Crippen molar-refractivity contribution < 1.29 is 9.59 Å². The van der Waals surface area contributed by atoms with Gasteiger partial charge in [0.15, 0.2) is 5.78 Å². The Kier molecular flexibility index (Phi) is 7.27. The van der Waals surface area contributed by atoms with Crippen molar-refractivity contribution in [3.63, 3.8) is 0 Å². The van der Waals surface area contributed by atoms with Crippen molar-refractivity contribution in [2.75, 3.05) is 13.6 Å². The highest BCUT2D eigenvalue weighted by atomic mass is 16.2. The summed E-state index contributed by atoms with van der Waals surface area (Å²) in [5.41, 5.74) is 12.5. The molecule has 2 aliphatic rings. The van der Waals surface area contributed by atoms with E-state index >= 15 is 0 Å². The van der Waals surface area contributed by atoms with Gasteiger partial charge in [-0.2, -0.15) is 0 Å². The maximum absolute atomic E-state index is 13.4. The molecule has 1 heterocycles. The number of hydrazine groups is 1. The van der Waals surface area contributed by atoms with Crippen LogP contribution in [0.25, 0.3) is 0 Å². The average molecular weight is 461 g/mol. The van der Waals surface area contributed by atoms with Crippen molar-refractivity contribution in [1.82, 2.24) is 21.1 Å². The molecular weight excluding hydrogens is 428 g/mol. The molecular formula is C26H32N6O2. The van der Waals surface area contributed by atoms with Gasteiger partial charge in [-0.1, -0.05) is 42.5 Å². The number of amides is 1. The summed E-state index contributed by atoms with van der Waals surface area (Å²) in [6, 6.07) is 17.3. The van der Waals surface area contributed by atoms with E-state index in [1.807, 2.05) is 54.6 Å². The number of para-hydroxylation sites is 1. The number of likely N-dealkylation sites (N-methyl/N-ethyl adjacent to an activating group) is 1. The predicted octanol–water partition coefficient (Wildman–Crippen LogP) is 2.41. The van der Waals surface area contributed by atoms with Gasteiger partial charge in [0.2, 0.25) is 0 Å². The summed E-state index contributed by atoms with van der Waals surface area (Å²) in [4.78, 5) is 29.4. The van der Waals surface area contributed by atoms with Crippen LogP contribution in [-0.4, -0.2) is 48.2 Å². The molecule has 8 heteroatoms. The van der Waals surface area contributed by atoms with E-state index in [2.05, 4.69) is 21.1 Å². The highest BCUT2D eigenvalue weighted by Gasteiger charge is 2.35. The van der Waals surface area contributed by atoms with E-state index in [-0.39, 0.29) is 29.6 Å². The first-order chi connectivity index (χ1) is 16.4. The predicted molar refractivity (Wildman–Crippen MR) is 133 cm³/mol. The van der Waals surface area contributed by atoms with Gasteiger partial charge < -0.3 is 16.4 Å². The van der Waals surface area contributed by atoms with E-state index in [0.717, 1.165) is 31.2 Å². The van der Waals surface area contributed by atoms with E-state index < -0.39 is 0 Å². The summed E-state index contributed by atoms with van der Waals surface area (Å²) in [5.74, 6) is 0.562. The van der Waals surface area contributed by atoms with Crippen molar-refractivity contribution in [3.05, 3.63) is 77.1 Å². The highest BCUT2D eigenvalue weighted by Crippen LogP contribution is 2.23. The molecule has 34 heavy (non-hydrogen) atoms. The number of benzene rings is 2.